The molecule has 134 valence electrons. The minimum atomic E-state index is -3.18. The Morgan fingerprint density at radius 2 is 2.20 bits per heavy atom. The number of benzene rings is 1. The molecule has 2 aromatic rings. The van der Waals surface area contributed by atoms with Gasteiger partial charge in [0.05, 0.1) is 29.2 Å². The minimum Gasteiger partial charge on any atom is -0.497 e. The predicted octanol–water partition coefficient (Wildman–Crippen LogP) is 2.29. The monoisotopic (exact) mass is 380 g/mol. The van der Waals surface area contributed by atoms with Crippen molar-refractivity contribution in [2.24, 2.45) is 0 Å². The predicted molar refractivity (Wildman–Crippen MR) is 98.7 cm³/mol. The molecule has 1 aliphatic rings. The van der Waals surface area contributed by atoms with E-state index in [-0.39, 0.29) is 17.4 Å². The van der Waals surface area contributed by atoms with E-state index >= 15 is 0 Å². The third-order valence-electron chi connectivity index (χ3n) is 4.20. The molecular formula is C17H20N2O4S2. The lowest BCUT2D eigenvalue weighted by Crippen LogP contribution is -2.38. The largest absolute Gasteiger partial charge is 0.497 e. The summed E-state index contributed by atoms with van der Waals surface area (Å²) in [6.45, 7) is 1.99. The van der Waals surface area contributed by atoms with Crippen LogP contribution in [0, 0.1) is 6.92 Å². The van der Waals surface area contributed by atoms with Gasteiger partial charge < -0.3 is 10.1 Å². The molecule has 2 heterocycles. The second kappa shape index (κ2) is 7.21. The van der Waals surface area contributed by atoms with E-state index in [1.54, 1.807) is 7.11 Å². The van der Waals surface area contributed by atoms with Gasteiger partial charge in [-0.1, -0.05) is 11.8 Å². The highest BCUT2D eigenvalue weighted by Gasteiger charge is 2.32. The summed E-state index contributed by atoms with van der Waals surface area (Å²) in [5.41, 5.74) is 1.87. The second-order valence-corrected chi connectivity index (χ2v) is 9.31. The molecule has 1 saturated heterocycles. The number of fused-ring (bicyclic) bond motifs is 1. The van der Waals surface area contributed by atoms with E-state index in [2.05, 4.69) is 10.3 Å². The summed E-state index contributed by atoms with van der Waals surface area (Å²) in [5.74, 6) is 0.725. The summed E-state index contributed by atoms with van der Waals surface area (Å²) in [4.78, 5) is 16.6. The number of nitrogens with one attached hydrogen (secondary N) is 1. The Morgan fingerprint density at radius 3 is 2.88 bits per heavy atom. The molecule has 1 atom stereocenters. The van der Waals surface area contributed by atoms with Crippen molar-refractivity contribution in [3.8, 4) is 5.75 Å². The Balaban J connectivity index is 1.69. The van der Waals surface area contributed by atoms with Crippen molar-refractivity contribution < 1.29 is 17.9 Å². The first-order valence-corrected chi connectivity index (χ1v) is 10.7. The maximum Gasteiger partial charge on any atom is 0.231 e. The van der Waals surface area contributed by atoms with Crippen molar-refractivity contribution in [3.05, 3.63) is 29.8 Å². The second-order valence-electron chi connectivity index (χ2n) is 6.01. The molecule has 1 aromatic heterocycles. The van der Waals surface area contributed by atoms with Crippen LogP contribution < -0.4 is 10.1 Å². The number of aryl methyl sites for hydroxylation is 1. The van der Waals surface area contributed by atoms with Crippen molar-refractivity contribution >= 4 is 38.4 Å². The van der Waals surface area contributed by atoms with Crippen molar-refractivity contribution in [3.63, 3.8) is 0 Å². The smallest absolute Gasteiger partial charge is 0.231 e. The number of thioether (sulfide) groups is 1. The van der Waals surface area contributed by atoms with E-state index in [1.165, 1.54) is 11.8 Å². The third kappa shape index (κ3) is 4.07. The Morgan fingerprint density at radius 1 is 1.40 bits per heavy atom. The van der Waals surface area contributed by atoms with Crippen LogP contribution in [0.2, 0.25) is 0 Å². The summed E-state index contributed by atoms with van der Waals surface area (Å²) in [7, 11) is -1.57. The van der Waals surface area contributed by atoms with Crippen molar-refractivity contribution in [2.75, 3.05) is 18.6 Å². The first-order chi connectivity index (χ1) is 11.9. The van der Waals surface area contributed by atoms with Gasteiger partial charge in [0, 0.05) is 11.5 Å². The quantitative estimate of drug-likeness (QED) is 0.801. The molecule has 0 bridgehead atoms. The first-order valence-electron chi connectivity index (χ1n) is 7.98. The molecule has 8 heteroatoms. The van der Waals surface area contributed by atoms with Gasteiger partial charge in [-0.05, 0) is 43.5 Å². The van der Waals surface area contributed by atoms with Crippen LogP contribution >= 0.6 is 11.8 Å². The molecule has 1 fully saturated rings. The summed E-state index contributed by atoms with van der Waals surface area (Å²) in [6, 6.07) is 7.64. The van der Waals surface area contributed by atoms with Gasteiger partial charge in [-0.3, -0.25) is 4.79 Å². The molecule has 0 spiro atoms. The van der Waals surface area contributed by atoms with E-state index in [0.717, 1.165) is 27.2 Å². The number of rotatable bonds is 5. The summed E-state index contributed by atoms with van der Waals surface area (Å²) < 4.78 is 28.8. The fraction of sp³-hybridized carbons (Fsp3) is 0.412. The highest BCUT2D eigenvalue weighted by atomic mass is 32.2. The number of nitrogens with zero attached hydrogens (tertiary/aromatic N) is 1. The fourth-order valence-electron chi connectivity index (χ4n) is 2.87. The maximum absolute atomic E-state index is 12.1. The Kier molecular flexibility index (Phi) is 5.19. The number of hydrogen-bond donors (Lipinski definition) is 1. The molecule has 3 rings (SSSR count). The molecule has 1 unspecified atom stereocenters. The zero-order valence-corrected chi connectivity index (χ0v) is 15.7. The van der Waals surface area contributed by atoms with Crippen LogP contribution in [0.1, 0.15) is 18.4 Å². The Bertz CT molecular complexity index is 912. The van der Waals surface area contributed by atoms with Gasteiger partial charge in [-0.2, -0.15) is 0 Å². The standard InChI is InChI=1S/C17H20N2O4S2/c1-11-8-16(18-14-9-12(23-2)5-6-13(11)14)24-10-15(20)19-17-4-3-7-25(17,21)22/h5-6,8-9,17H,3-4,7,10H2,1-2H3,(H,19,20). The van der Waals surface area contributed by atoms with Crippen LogP contribution in [0.25, 0.3) is 10.9 Å². The number of methoxy groups -OCH3 is 1. The van der Waals surface area contributed by atoms with Crippen molar-refractivity contribution in [2.45, 2.75) is 30.2 Å². The number of ether oxygens (including phenoxy) is 1. The van der Waals surface area contributed by atoms with Gasteiger partial charge >= 0.3 is 0 Å². The van der Waals surface area contributed by atoms with E-state index in [9.17, 15) is 13.2 Å². The van der Waals surface area contributed by atoms with Crippen LogP contribution in [0.3, 0.4) is 0 Å². The topological polar surface area (TPSA) is 85.4 Å². The Hall–Kier alpha value is -1.80. The molecule has 25 heavy (non-hydrogen) atoms. The van der Waals surface area contributed by atoms with E-state index in [1.807, 2.05) is 31.2 Å². The average molecular weight is 380 g/mol. The maximum atomic E-state index is 12.1. The normalized spacial score (nSPS) is 19.0. The van der Waals surface area contributed by atoms with Gasteiger partial charge in [-0.15, -0.1) is 0 Å². The molecule has 1 aliphatic heterocycles. The number of carbonyl (C=O) groups excluding carboxylic acids is 1. The molecule has 1 aromatic carbocycles. The number of amides is 1. The summed E-state index contributed by atoms with van der Waals surface area (Å²) in [5, 5.41) is 3.63. The average Bonchev–Trinajstić information content (AvgIpc) is 2.90. The number of sulfone groups is 1. The van der Waals surface area contributed by atoms with Gasteiger partial charge in [-0.25, -0.2) is 13.4 Å². The van der Waals surface area contributed by atoms with Crippen molar-refractivity contribution in [1.82, 2.24) is 10.3 Å². The van der Waals surface area contributed by atoms with Crippen LogP contribution in [-0.4, -0.2) is 43.3 Å². The molecule has 0 aliphatic carbocycles. The van der Waals surface area contributed by atoms with E-state index in [4.69, 9.17) is 4.74 Å². The zero-order valence-electron chi connectivity index (χ0n) is 14.1. The highest BCUT2D eigenvalue weighted by Crippen LogP contribution is 2.26. The van der Waals surface area contributed by atoms with Crippen LogP contribution in [0.5, 0.6) is 5.75 Å². The molecule has 1 amide bonds. The molecule has 0 saturated carbocycles. The third-order valence-corrected chi connectivity index (χ3v) is 7.19. The van der Waals surface area contributed by atoms with Gasteiger partial charge in [0.25, 0.3) is 0 Å². The first kappa shape index (κ1) is 18.0. The lowest BCUT2D eigenvalue weighted by atomic mass is 10.1. The zero-order chi connectivity index (χ0) is 18.0. The van der Waals surface area contributed by atoms with Crippen LogP contribution in [0.4, 0.5) is 0 Å². The molecular weight excluding hydrogens is 360 g/mol. The minimum absolute atomic E-state index is 0.133. The molecule has 0 radical (unpaired) electrons. The number of aromatic nitrogens is 1. The SMILES string of the molecule is COc1ccc2c(C)cc(SCC(=O)NC3CCCS3(=O)=O)nc2c1. The molecule has 1 N–H and O–H groups in total. The van der Waals surface area contributed by atoms with Gasteiger partial charge in [0.15, 0.2) is 9.84 Å². The van der Waals surface area contributed by atoms with Gasteiger partial charge in [0.1, 0.15) is 11.1 Å². The van der Waals surface area contributed by atoms with Gasteiger partial charge in [0.2, 0.25) is 5.91 Å². The summed E-state index contributed by atoms with van der Waals surface area (Å²) >= 11 is 1.30. The number of pyridine rings is 1. The lowest BCUT2D eigenvalue weighted by molar-refractivity contribution is -0.118. The van der Waals surface area contributed by atoms with E-state index < -0.39 is 15.2 Å². The van der Waals surface area contributed by atoms with E-state index in [0.29, 0.717) is 12.8 Å². The highest BCUT2D eigenvalue weighted by molar-refractivity contribution is 7.99. The van der Waals surface area contributed by atoms with Crippen LogP contribution in [0.15, 0.2) is 29.3 Å². The fourth-order valence-corrected chi connectivity index (χ4v) is 5.34. The summed E-state index contributed by atoms with van der Waals surface area (Å²) in [6.07, 6.45) is 1.10. The number of carbonyl (C=O) groups is 1. The lowest BCUT2D eigenvalue weighted by Gasteiger charge is -2.12. The Labute approximate surface area is 151 Å². The van der Waals surface area contributed by atoms with Crippen LogP contribution in [-0.2, 0) is 14.6 Å². The molecule has 6 nitrogen and oxygen atoms in total. The number of hydrogen-bond acceptors (Lipinski definition) is 6. The van der Waals surface area contributed by atoms with Crippen molar-refractivity contribution in [1.29, 1.82) is 0 Å².